The molecule has 0 fully saturated rings. The molecule has 0 spiro atoms. The number of rotatable bonds is 4. The molecule has 0 atom stereocenters. The molecule has 0 aliphatic heterocycles. The summed E-state index contributed by atoms with van der Waals surface area (Å²) in [7, 11) is 0. The van der Waals surface area contributed by atoms with Gasteiger partial charge in [0.1, 0.15) is 19.0 Å². The number of halogens is 2. The van der Waals surface area contributed by atoms with Crippen molar-refractivity contribution in [2.45, 2.75) is 12.3 Å². The summed E-state index contributed by atoms with van der Waals surface area (Å²) in [5, 5.41) is 0.791. The minimum Gasteiger partial charge on any atom is -0.491 e. The van der Waals surface area contributed by atoms with Crippen molar-refractivity contribution in [3.63, 3.8) is 0 Å². The van der Waals surface area contributed by atoms with Crippen LogP contribution in [0.4, 0.5) is 4.39 Å². The third-order valence-electron chi connectivity index (χ3n) is 1.74. The standard InChI is InChI=1S/C10H12BrFO/c1-8-2-3-9(7-11)6-10(8)13-5-4-12/h2-3,6H,4-5,7H2,1H3. The molecule has 0 saturated heterocycles. The zero-order valence-corrected chi connectivity index (χ0v) is 9.10. The lowest BCUT2D eigenvalue weighted by Gasteiger charge is -2.08. The van der Waals surface area contributed by atoms with Crippen LogP contribution in [0.5, 0.6) is 5.75 Å². The summed E-state index contributed by atoms with van der Waals surface area (Å²) in [6.45, 7) is 1.64. The van der Waals surface area contributed by atoms with E-state index in [-0.39, 0.29) is 6.61 Å². The molecule has 0 amide bonds. The Balaban J connectivity index is 2.78. The largest absolute Gasteiger partial charge is 0.491 e. The van der Waals surface area contributed by atoms with Gasteiger partial charge in [0.05, 0.1) is 0 Å². The molecule has 1 aromatic carbocycles. The van der Waals surface area contributed by atoms with Crippen molar-refractivity contribution in [3.05, 3.63) is 29.3 Å². The maximum Gasteiger partial charge on any atom is 0.123 e. The van der Waals surface area contributed by atoms with Crippen LogP contribution < -0.4 is 4.74 Å². The second-order valence-corrected chi connectivity index (χ2v) is 3.33. The van der Waals surface area contributed by atoms with Crippen LogP contribution in [0.2, 0.25) is 0 Å². The van der Waals surface area contributed by atoms with E-state index in [2.05, 4.69) is 15.9 Å². The molecular weight excluding hydrogens is 235 g/mol. The predicted molar refractivity (Wildman–Crippen MR) is 55.3 cm³/mol. The molecule has 0 aliphatic rings. The molecule has 1 nitrogen and oxygen atoms in total. The van der Waals surface area contributed by atoms with E-state index in [4.69, 9.17) is 4.74 Å². The topological polar surface area (TPSA) is 9.23 Å². The van der Waals surface area contributed by atoms with Gasteiger partial charge in [-0.05, 0) is 24.1 Å². The normalized spacial score (nSPS) is 10.1. The Morgan fingerprint density at radius 1 is 1.46 bits per heavy atom. The van der Waals surface area contributed by atoms with Gasteiger partial charge in [0.15, 0.2) is 0 Å². The van der Waals surface area contributed by atoms with Gasteiger partial charge in [-0.1, -0.05) is 28.1 Å². The fraction of sp³-hybridized carbons (Fsp3) is 0.400. The second kappa shape index (κ2) is 5.22. The van der Waals surface area contributed by atoms with Crippen molar-refractivity contribution >= 4 is 15.9 Å². The lowest BCUT2D eigenvalue weighted by Crippen LogP contribution is -2.00. The zero-order chi connectivity index (χ0) is 9.68. The average molecular weight is 247 g/mol. The van der Waals surface area contributed by atoms with Gasteiger partial charge in [0.2, 0.25) is 0 Å². The Bertz CT molecular complexity index is 276. The summed E-state index contributed by atoms with van der Waals surface area (Å²) in [6, 6.07) is 5.93. The molecule has 0 aliphatic carbocycles. The SMILES string of the molecule is Cc1ccc(CBr)cc1OCCF. The van der Waals surface area contributed by atoms with Crippen molar-refractivity contribution in [2.75, 3.05) is 13.3 Å². The van der Waals surface area contributed by atoms with Crippen LogP contribution in [-0.2, 0) is 5.33 Å². The van der Waals surface area contributed by atoms with Gasteiger partial charge in [-0.15, -0.1) is 0 Å². The molecule has 0 bridgehead atoms. The van der Waals surface area contributed by atoms with Crippen molar-refractivity contribution in [2.24, 2.45) is 0 Å². The molecule has 72 valence electrons. The third-order valence-corrected chi connectivity index (χ3v) is 2.39. The van der Waals surface area contributed by atoms with Crippen LogP contribution in [-0.4, -0.2) is 13.3 Å². The average Bonchev–Trinajstić information content (AvgIpc) is 2.17. The van der Waals surface area contributed by atoms with E-state index in [9.17, 15) is 4.39 Å². The van der Waals surface area contributed by atoms with Gasteiger partial charge >= 0.3 is 0 Å². The molecule has 1 aromatic rings. The fourth-order valence-corrected chi connectivity index (χ4v) is 1.38. The Morgan fingerprint density at radius 2 is 2.23 bits per heavy atom. The Hall–Kier alpha value is -0.570. The first-order valence-electron chi connectivity index (χ1n) is 4.12. The second-order valence-electron chi connectivity index (χ2n) is 2.77. The minimum absolute atomic E-state index is 0.132. The summed E-state index contributed by atoms with van der Waals surface area (Å²) >= 11 is 3.35. The molecule has 3 heteroatoms. The first-order chi connectivity index (χ1) is 6.27. The molecule has 0 radical (unpaired) electrons. The van der Waals surface area contributed by atoms with E-state index in [1.165, 1.54) is 0 Å². The van der Waals surface area contributed by atoms with Gasteiger partial charge in [-0.3, -0.25) is 0 Å². The predicted octanol–water partition coefficient (Wildman–Crippen LogP) is 3.24. The highest BCUT2D eigenvalue weighted by molar-refractivity contribution is 9.08. The van der Waals surface area contributed by atoms with Crippen molar-refractivity contribution < 1.29 is 9.13 Å². The van der Waals surface area contributed by atoms with Crippen LogP contribution in [0.3, 0.4) is 0 Å². The van der Waals surface area contributed by atoms with Gasteiger partial charge < -0.3 is 4.74 Å². The van der Waals surface area contributed by atoms with E-state index in [0.717, 1.165) is 22.2 Å². The molecule has 1 rings (SSSR count). The number of benzene rings is 1. The maximum atomic E-state index is 11.9. The van der Waals surface area contributed by atoms with Crippen molar-refractivity contribution in [3.8, 4) is 5.75 Å². The van der Waals surface area contributed by atoms with E-state index < -0.39 is 6.67 Å². The van der Waals surface area contributed by atoms with Crippen molar-refractivity contribution in [1.29, 1.82) is 0 Å². The van der Waals surface area contributed by atoms with E-state index >= 15 is 0 Å². The number of alkyl halides is 2. The molecule has 13 heavy (non-hydrogen) atoms. The highest BCUT2D eigenvalue weighted by atomic mass is 79.9. The van der Waals surface area contributed by atoms with Crippen LogP contribution in [0.15, 0.2) is 18.2 Å². The smallest absolute Gasteiger partial charge is 0.123 e. The first-order valence-corrected chi connectivity index (χ1v) is 5.24. The monoisotopic (exact) mass is 246 g/mol. The fourth-order valence-electron chi connectivity index (χ4n) is 1.03. The van der Waals surface area contributed by atoms with E-state index in [0.29, 0.717) is 0 Å². The molecule has 0 N–H and O–H groups in total. The van der Waals surface area contributed by atoms with E-state index in [1.807, 2.05) is 25.1 Å². The number of hydrogen-bond acceptors (Lipinski definition) is 1. The molecular formula is C10H12BrFO. The van der Waals surface area contributed by atoms with Crippen LogP contribution in [0.25, 0.3) is 0 Å². The zero-order valence-electron chi connectivity index (χ0n) is 7.52. The third kappa shape index (κ3) is 2.99. The quantitative estimate of drug-likeness (QED) is 0.742. The highest BCUT2D eigenvalue weighted by Crippen LogP contribution is 2.20. The summed E-state index contributed by atoms with van der Waals surface area (Å²) in [5.74, 6) is 0.773. The summed E-state index contributed by atoms with van der Waals surface area (Å²) in [5.41, 5.74) is 2.18. The van der Waals surface area contributed by atoms with Crippen LogP contribution in [0, 0.1) is 6.92 Å². The molecule has 0 heterocycles. The number of aryl methyl sites for hydroxylation is 1. The van der Waals surface area contributed by atoms with Gasteiger partial charge in [-0.2, -0.15) is 0 Å². The summed E-state index contributed by atoms with van der Waals surface area (Å²) in [4.78, 5) is 0. The summed E-state index contributed by atoms with van der Waals surface area (Å²) < 4.78 is 17.1. The van der Waals surface area contributed by atoms with Gasteiger partial charge in [-0.25, -0.2) is 4.39 Å². The lowest BCUT2D eigenvalue weighted by atomic mass is 10.1. The molecule has 0 unspecified atom stereocenters. The highest BCUT2D eigenvalue weighted by Gasteiger charge is 2.00. The van der Waals surface area contributed by atoms with Crippen LogP contribution >= 0.6 is 15.9 Å². The number of ether oxygens (including phenoxy) is 1. The minimum atomic E-state index is -0.446. The Labute approximate surface area is 86.0 Å². The van der Waals surface area contributed by atoms with Crippen LogP contribution in [0.1, 0.15) is 11.1 Å². The first kappa shape index (κ1) is 10.5. The summed E-state index contributed by atoms with van der Waals surface area (Å²) in [6.07, 6.45) is 0. The van der Waals surface area contributed by atoms with Gasteiger partial charge in [0.25, 0.3) is 0 Å². The molecule has 0 aromatic heterocycles. The Kier molecular flexibility index (Phi) is 4.22. The lowest BCUT2D eigenvalue weighted by molar-refractivity contribution is 0.271. The Morgan fingerprint density at radius 3 is 2.85 bits per heavy atom. The van der Waals surface area contributed by atoms with Gasteiger partial charge in [0, 0.05) is 5.33 Å². The number of hydrogen-bond donors (Lipinski definition) is 0. The molecule has 0 saturated carbocycles. The maximum absolute atomic E-state index is 11.9. The van der Waals surface area contributed by atoms with Crippen molar-refractivity contribution in [1.82, 2.24) is 0 Å². The van der Waals surface area contributed by atoms with E-state index in [1.54, 1.807) is 0 Å².